The summed E-state index contributed by atoms with van der Waals surface area (Å²) < 4.78 is 5.35. The van der Waals surface area contributed by atoms with Gasteiger partial charge in [0, 0.05) is 25.6 Å². The number of ether oxygens (including phenoxy) is 1. The molecule has 0 aliphatic carbocycles. The van der Waals surface area contributed by atoms with Crippen molar-refractivity contribution in [2.75, 3.05) is 13.2 Å². The van der Waals surface area contributed by atoms with Gasteiger partial charge in [0.1, 0.15) is 0 Å². The Balaban J connectivity index is 0. The van der Waals surface area contributed by atoms with E-state index in [0.717, 1.165) is 12.8 Å². The molecule has 0 rings (SSSR count). The number of carbonyl (C=O) groups is 1. The van der Waals surface area contributed by atoms with Gasteiger partial charge in [0.25, 0.3) is 0 Å². The van der Waals surface area contributed by atoms with Gasteiger partial charge in [-0.25, -0.2) is 0 Å². The fourth-order valence-electron chi connectivity index (χ4n) is 1.07. The average molecular weight is 253 g/mol. The van der Waals surface area contributed by atoms with Gasteiger partial charge >= 0.3 is 0 Å². The van der Waals surface area contributed by atoms with E-state index in [1.165, 1.54) is 0 Å². The minimum absolute atomic E-state index is 0. The van der Waals surface area contributed by atoms with Crippen molar-refractivity contribution in [3.8, 4) is 0 Å². The van der Waals surface area contributed by atoms with E-state index in [-0.39, 0.29) is 30.5 Å². The molecular weight excluding hydrogens is 228 g/mol. The lowest BCUT2D eigenvalue weighted by Gasteiger charge is -2.08. The smallest absolute Gasteiger partial charge is 0.220 e. The topological polar surface area (TPSA) is 64.4 Å². The fraction of sp³-hybridized carbons (Fsp3) is 0.909. The first kappa shape index (κ1) is 18.1. The lowest BCUT2D eigenvalue weighted by atomic mass is 10.2. The Hall–Kier alpha value is -0.320. The second kappa shape index (κ2) is 11.2. The Morgan fingerprint density at radius 3 is 2.50 bits per heavy atom. The van der Waals surface area contributed by atoms with Crippen molar-refractivity contribution in [3.05, 3.63) is 0 Å². The quantitative estimate of drug-likeness (QED) is 0.643. The van der Waals surface area contributed by atoms with Crippen molar-refractivity contribution in [1.29, 1.82) is 0 Å². The number of hydrogen-bond donors (Lipinski definition) is 2. The highest BCUT2D eigenvalue weighted by Crippen LogP contribution is 1.93. The van der Waals surface area contributed by atoms with E-state index in [1.54, 1.807) is 0 Å². The maximum absolute atomic E-state index is 11.2. The summed E-state index contributed by atoms with van der Waals surface area (Å²) in [6.07, 6.45) is 2.39. The zero-order valence-corrected chi connectivity index (χ0v) is 11.3. The number of halogens is 1. The van der Waals surface area contributed by atoms with E-state index in [9.17, 15) is 4.79 Å². The molecule has 0 spiro atoms. The third-order valence-corrected chi connectivity index (χ3v) is 1.92. The van der Waals surface area contributed by atoms with Crippen LogP contribution in [0.15, 0.2) is 0 Å². The predicted octanol–water partition coefficient (Wildman–Crippen LogP) is 1.47. The summed E-state index contributed by atoms with van der Waals surface area (Å²) in [6, 6.07) is 0.0972. The molecule has 0 aromatic carbocycles. The van der Waals surface area contributed by atoms with Crippen LogP contribution in [-0.4, -0.2) is 31.2 Å². The SMILES string of the molecule is CC(N)CCC(=O)NCCCOC(C)C.Cl. The number of nitrogens with two attached hydrogens (primary N) is 1. The lowest BCUT2D eigenvalue weighted by molar-refractivity contribution is -0.121. The van der Waals surface area contributed by atoms with Crippen molar-refractivity contribution in [3.63, 3.8) is 0 Å². The number of rotatable bonds is 8. The highest BCUT2D eigenvalue weighted by molar-refractivity contribution is 5.85. The lowest BCUT2D eigenvalue weighted by Crippen LogP contribution is -2.27. The first-order chi connectivity index (χ1) is 7.02. The van der Waals surface area contributed by atoms with Crippen LogP contribution in [0.5, 0.6) is 0 Å². The Kier molecular flexibility index (Phi) is 12.6. The second-order valence-corrected chi connectivity index (χ2v) is 4.14. The van der Waals surface area contributed by atoms with Crippen LogP contribution in [0.25, 0.3) is 0 Å². The summed E-state index contributed by atoms with van der Waals surface area (Å²) in [5, 5.41) is 2.84. The zero-order valence-electron chi connectivity index (χ0n) is 10.5. The van der Waals surface area contributed by atoms with E-state index >= 15 is 0 Å². The molecule has 16 heavy (non-hydrogen) atoms. The Morgan fingerprint density at radius 2 is 2.00 bits per heavy atom. The second-order valence-electron chi connectivity index (χ2n) is 4.14. The molecule has 98 valence electrons. The number of carbonyl (C=O) groups excluding carboxylic acids is 1. The van der Waals surface area contributed by atoms with Crippen molar-refractivity contribution in [2.24, 2.45) is 5.73 Å². The zero-order chi connectivity index (χ0) is 11.7. The van der Waals surface area contributed by atoms with Crippen LogP contribution in [0, 0.1) is 0 Å². The average Bonchev–Trinajstić information content (AvgIpc) is 2.13. The number of nitrogens with one attached hydrogen (secondary N) is 1. The van der Waals surface area contributed by atoms with Crippen LogP contribution < -0.4 is 11.1 Å². The fourth-order valence-corrected chi connectivity index (χ4v) is 1.07. The minimum atomic E-state index is 0. The van der Waals surface area contributed by atoms with Crippen molar-refractivity contribution >= 4 is 18.3 Å². The van der Waals surface area contributed by atoms with Gasteiger partial charge in [-0.15, -0.1) is 12.4 Å². The third kappa shape index (κ3) is 13.7. The molecule has 0 aliphatic heterocycles. The van der Waals surface area contributed by atoms with Crippen LogP contribution in [0.4, 0.5) is 0 Å². The molecular formula is C11H25ClN2O2. The highest BCUT2D eigenvalue weighted by Gasteiger charge is 2.02. The van der Waals surface area contributed by atoms with Gasteiger partial charge in [-0.1, -0.05) is 0 Å². The highest BCUT2D eigenvalue weighted by atomic mass is 35.5. The Morgan fingerprint density at radius 1 is 1.38 bits per heavy atom. The summed E-state index contributed by atoms with van der Waals surface area (Å²) in [7, 11) is 0. The standard InChI is InChI=1S/C11H24N2O2.ClH/c1-9(2)15-8-4-7-13-11(14)6-5-10(3)12;/h9-10H,4-8,12H2,1-3H3,(H,13,14);1H. The van der Waals surface area contributed by atoms with Gasteiger partial charge in [-0.2, -0.15) is 0 Å². The monoisotopic (exact) mass is 252 g/mol. The van der Waals surface area contributed by atoms with Crippen LogP contribution in [0.2, 0.25) is 0 Å². The first-order valence-electron chi connectivity index (χ1n) is 5.66. The molecule has 1 unspecified atom stereocenters. The van der Waals surface area contributed by atoms with E-state index in [4.69, 9.17) is 10.5 Å². The molecule has 0 saturated heterocycles. The number of amides is 1. The maximum Gasteiger partial charge on any atom is 0.220 e. The van der Waals surface area contributed by atoms with Crippen molar-refractivity contribution < 1.29 is 9.53 Å². The molecule has 4 nitrogen and oxygen atoms in total. The van der Waals surface area contributed by atoms with Crippen molar-refractivity contribution in [1.82, 2.24) is 5.32 Å². The summed E-state index contributed by atoms with van der Waals surface area (Å²) in [4.78, 5) is 11.2. The minimum Gasteiger partial charge on any atom is -0.379 e. The molecule has 0 heterocycles. The van der Waals surface area contributed by atoms with Gasteiger partial charge in [-0.05, 0) is 33.6 Å². The van der Waals surface area contributed by atoms with E-state index < -0.39 is 0 Å². The van der Waals surface area contributed by atoms with E-state index in [0.29, 0.717) is 19.6 Å². The summed E-state index contributed by atoms with van der Waals surface area (Å²) >= 11 is 0. The Labute approximate surface area is 105 Å². The van der Waals surface area contributed by atoms with Crippen LogP contribution in [0.1, 0.15) is 40.0 Å². The Bertz CT molecular complexity index is 175. The van der Waals surface area contributed by atoms with Crippen molar-refractivity contribution in [2.45, 2.75) is 52.2 Å². The van der Waals surface area contributed by atoms with Gasteiger partial charge in [-0.3, -0.25) is 4.79 Å². The normalized spacial score (nSPS) is 12.1. The van der Waals surface area contributed by atoms with Crippen LogP contribution in [0.3, 0.4) is 0 Å². The van der Waals surface area contributed by atoms with E-state index in [1.807, 2.05) is 20.8 Å². The van der Waals surface area contributed by atoms with Gasteiger partial charge in [0.05, 0.1) is 6.10 Å². The summed E-state index contributed by atoms with van der Waals surface area (Å²) in [5.74, 6) is 0.0804. The van der Waals surface area contributed by atoms with Crippen LogP contribution >= 0.6 is 12.4 Å². The molecule has 3 N–H and O–H groups in total. The van der Waals surface area contributed by atoms with Gasteiger partial charge < -0.3 is 15.8 Å². The molecule has 0 saturated carbocycles. The predicted molar refractivity (Wildman–Crippen MR) is 68.8 cm³/mol. The van der Waals surface area contributed by atoms with Gasteiger partial charge in [0.2, 0.25) is 5.91 Å². The van der Waals surface area contributed by atoms with Gasteiger partial charge in [0.15, 0.2) is 0 Å². The molecule has 0 aliphatic rings. The summed E-state index contributed by atoms with van der Waals surface area (Å²) in [5.41, 5.74) is 5.55. The molecule has 0 bridgehead atoms. The molecule has 1 amide bonds. The van der Waals surface area contributed by atoms with E-state index in [2.05, 4.69) is 5.32 Å². The molecule has 1 atom stereocenters. The maximum atomic E-state index is 11.2. The third-order valence-electron chi connectivity index (χ3n) is 1.92. The number of hydrogen-bond acceptors (Lipinski definition) is 3. The molecule has 5 heteroatoms. The summed E-state index contributed by atoms with van der Waals surface area (Å²) in [6.45, 7) is 7.29. The largest absolute Gasteiger partial charge is 0.379 e. The molecule has 0 aromatic rings. The first-order valence-corrected chi connectivity index (χ1v) is 5.66. The van der Waals surface area contributed by atoms with Crippen LogP contribution in [-0.2, 0) is 9.53 Å². The molecule has 0 radical (unpaired) electrons. The molecule has 0 fully saturated rings. The molecule has 0 aromatic heterocycles.